The molecule has 0 unspecified atom stereocenters. The van der Waals surface area contributed by atoms with Crippen molar-refractivity contribution in [3.05, 3.63) is 28.8 Å². The maximum Gasteiger partial charge on any atom is 0.303 e. The van der Waals surface area contributed by atoms with Gasteiger partial charge in [-0.3, -0.25) is 9.59 Å². The fourth-order valence-corrected chi connectivity index (χ4v) is 2.02. The van der Waals surface area contributed by atoms with Crippen molar-refractivity contribution in [1.29, 1.82) is 0 Å². The first-order valence-corrected chi connectivity index (χ1v) is 6.93. The first-order valence-electron chi connectivity index (χ1n) is 6.55. The zero-order valence-corrected chi connectivity index (χ0v) is 11.9. The number of rotatable bonds is 9. The van der Waals surface area contributed by atoms with Gasteiger partial charge >= 0.3 is 5.97 Å². The van der Waals surface area contributed by atoms with Gasteiger partial charge in [-0.25, -0.2) is 0 Å². The number of unbranched alkanes of at least 4 members (excludes halogenated alkanes) is 3. The molecule has 0 saturated heterocycles. The summed E-state index contributed by atoms with van der Waals surface area (Å²) < 4.78 is 0. The van der Waals surface area contributed by atoms with Gasteiger partial charge in [-0.1, -0.05) is 24.4 Å². The first kappa shape index (κ1) is 16.3. The van der Waals surface area contributed by atoms with E-state index in [1.165, 1.54) is 0 Å². The highest BCUT2D eigenvalue weighted by Crippen LogP contribution is 2.20. The number of anilines is 1. The Morgan fingerprint density at radius 2 is 1.90 bits per heavy atom. The molecule has 1 aromatic rings. The number of hydrogen-bond donors (Lipinski definition) is 3. The molecular formula is C14H19ClN2O3. The lowest BCUT2D eigenvalue weighted by atomic mass is 10.1. The minimum Gasteiger partial charge on any atom is -0.481 e. The predicted octanol–water partition coefficient (Wildman–Crippen LogP) is 2.89. The second kappa shape index (κ2) is 8.43. The van der Waals surface area contributed by atoms with Crippen molar-refractivity contribution in [2.45, 2.75) is 32.1 Å². The maximum atomic E-state index is 11.3. The van der Waals surface area contributed by atoms with E-state index in [9.17, 15) is 9.59 Å². The number of hydrogen-bond acceptors (Lipinski definition) is 3. The SMILES string of the molecule is NC(=O)c1cc(Cl)ccc1NCCCCCCC(=O)O. The fourth-order valence-electron chi connectivity index (χ4n) is 1.85. The van der Waals surface area contributed by atoms with Gasteiger partial charge in [0.2, 0.25) is 0 Å². The van der Waals surface area contributed by atoms with E-state index < -0.39 is 11.9 Å². The van der Waals surface area contributed by atoms with Gasteiger partial charge in [0.05, 0.1) is 5.56 Å². The van der Waals surface area contributed by atoms with Crippen LogP contribution in [0.1, 0.15) is 42.5 Å². The van der Waals surface area contributed by atoms with Crippen LogP contribution < -0.4 is 11.1 Å². The quantitative estimate of drug-likeness (QED) is 0.611. The van der Waals surface area contributed by atoms with E-state index in [0.717, 1.165) is 19.3 Å². The van der Waals surface area contributed by atoms with Crippen LogP contribution in [-0.4, -0.2) is 23.5 Å². The Kier molecular flexibility index (Phi) is 6.87. The Bertz CT molecular complexity index is 477. The Morgan fingerprint density at radius 1 is 1.20 bits per heavy atom. The number of aliphatic carboxylic acids is 1. The lowest BCUT2D eigenvalue weighted by Gasteiger charge is -2.10. The minimum atomic E-state index is -0.754. The van der Waals surface area contributed by atoms with E-state index in [4.69, 9.17) is 22.4 Å². The van der Waals surface area contributed by atoms with Crippen molar-refractivity contribution in [3.8, 4) is 0 Å². The Balaban J connectivity index is 2.32. The van der Waals surface area contributed by atoms with E-state index in [1.807, 2.05) is 0 Å². The summed E-state index contributed by atoms with van der Waals surface area (Å²) in [6, 6.07) is 4.97. The summed E-state index contributed by atoms with van der Waals surface area (Å²) in [5.74, 6) is -1.27. The summed E-state index contributed by atoms with van der Waals surface area (Å²) in [6.07, 6.45) is 3.65. The van der Waals surface area contributed by atoms with Crippen LogP contribution in [0, 0.1) is 0 Å². The third-order valence-corrected chi connectivity index (χ3v) is 3.12. The Labute approximate surface area is 123 Å². The molecule has 0 aliphatic carbocycles. The summed E-state index contributed by atoms with van der Waals surface area (Å²) in [5.41, 5.74) is 6.34. The number of amides is 1. The molecule has 5 nitrogen and oxygen atoms in total. The summed E-state index contributed by atoms with van der Waals surface area (Å²) in [4.78, 5) is 21.6. The molecule has 0 aliphatic heterocycles. The molecule has 1 amide bonds. The zero-order chi connectivity index (χ0) is 15.0. The Morgan fingerprint density at radius 3 is 2.55 bits per heavy atom. The highest BCUT2D eigenvalue weighted by molar-refractivity contribution is 6.31. The van der Waals surface area contributed by atoms with E-state index in [1.54, 1.807) is 18.2 Å². The molecule has 0 bridgehead atoms. The smallest absolute Gasteiger partial charge is 0.303 e. The molecule has 6 heteroatoms. The molecule has 0 spiro atoms. The van der Waals surface area contributed by atoms with Gasteiger partial charge < -0.3 is 16.2 Å². The number of carboxylic acid groups (broad SMARTS) is 1. The second-order valence-corrected chi connectivity index (χ2v) is 4.98. The molecule has 0 heterocycles. The molecule has 0 fully saturated rings. The summed E-state index contributed by atoms with van der Waals surface area (Å²) >= 11 is 5.82. The van der Waals surface area contributed by atoms with Crippen LogP contribution in [0.3, 0.4) is 0 Å². The van der Waals surface area contributed by atoms with Crippen LogP contribution in [0.25, 0.3) is 0 Å². The number of nitrogens with one attached hydrogen (secondary N) is 1. The molecule has 1 aromatic carbocycles. The monoisotopic (exact) mass is 298 g/mol. The second-order valence-electron chi connectivity index (χ2n) is 4.54. The molecule has 0 aromatic heterocycles. The molecule has 0 atom stereocenters. The fraction of sp³-hybridized carbons (Fsp3) is 0.429. The summed E-state index contributed by atoms with van der Waals surface area (Å²) in [5, 5.41) is 12.1. The topological polar surface area (TPSA) is 92.4 Å². The van der Waals surface area contributed by atoms with Crippen molar-refractivity contribution >= 4 is 29.2 Å². The van der Waals surface area contributed by atoms with Crippen molar-refractivity contribution in [3.63, 3.8) is 0 Å². The van der Waals surface area contributed by atoms with Gasteiger partial charge in [0, 0.05) is 23.7 Å². The van der Waals surface area contributed by atoms with Crippen LogP contribution >= 0.6 is 11.6 Å². The number of halogens is 1. The van der Waals surface area contributed by atoms with E-state index in [2.05, 4.69) is 5.32 Å². The van der Waals surface area contributed by atoms with Gasteiger partial charge in [0.25, 0.3) is 5.91 Å². The lowest BCUT2D eigenvalue weighted by molar-refractivity contribution is -0.137. The van der Waals surface area contributed by atoms with Gasteiger partial charge in [0.15, 0.2) is 0 Å². The van der Waals surface area contributed by atoms with E-state index in [0.29, 0.717) is 29.2 Å². The largest absolute Gasteiger partial charge is 0.481 e. The third kappa shape index (κ3) is 5.93. The number of primary amides is 1. The first-order chi connectivity index (χ1) is 9.50. The predicted molar refractivity (Wildman–Crippen MR) is 79.2 cm³/mol. The van der Waals surface area contributed by atoms with Crippen molar-refractivity contribution in [1.82, 2.24) is 0 Å². The summed E-state index contributed by atoms with van der Waals surface area (Å²) in [7, 11) is 0. The molecule has 20 heavy (non-hydrogen) atoms. The molecule has 110 valence electrons. The Hall–Kier alpha value is -1.75. The molecule has 0 radical (unpaired) electrons. The maximum absolute atomic E-state index is 11.3. The number of carbonyl (C=O) groups excluding carboxylic acids is 1. The van der Waals surface area contributed by atoms with Gasteiger partial charge in [0.1, 0.15) is 0 Å². The van der Waals surface area contributed by atoms with Crippen LogP contribution in [0.5, 0.6) is 0 Å². The van der Waals surface area contributed by atoms with Gasteiger partial charge in [-0.05, 0) is 31.0 Å². The van der Waals surface area contributed by atoms with Crippen molar-refractivity contribution in [2.24, 2.45) is 5.73 Å². The highest BCUT2D eigenvalue weighted by Gasteiger charge is 2.08. The lowest BCUT2D eigenvalue weighted by Crippen LogP contribution is -2.15. The zero-order valence-electron chi connectivity index (χ0n) is 11.2. The average molecular weight is 299 g/mol. The molecule has 0 saturated carbocycles. The molecule has 4 N–H and O–H groups in total. The highest BCUT2D eigenvalue weighted by atomic mass is 35.5. The number of carbonyl (C=O) groups is 2. The van der Waals surface area contributed by atoms with Crippen molar-refractivity contribution in [2.75, 3.05) is 11.9 Å². The van der Waals surface area contributed by atoms with Crippen molar-refractivity contribution < 1.29 is 14.7 Å². The van der Waals surface area contributed by atoms with E-state index >= 15 is 0 Å². The normalized spacial score (nSPS) is 10.2. The molecule has 1 rings (SSSR count). The van der Waals surface area contributed by atoms with Gasteiger partial charge in [-0.2, -0.15) is 0 Å². The number of nitrogens with two attached hydrogens (primary N) is 1. The van der Waals surface area contributed by atoms with Crippen LogP contribution in [0.2, 0.25) is 5.02 Å². The van der Waals surface area contributed by atoms with Crippen LogP contribution in [0.4, 0.5) is 5.69 Å². The molecular weight excluding hydrogens is 280 g/mol. The number of benzene rings is 1. The van der Waals surface area contributed by atoms with Crippen LogP contribution in [-0.2, 0) is 4.79 Å². The number of carboxylic acids is 1. The third-order valence-electron chi connectivity index (χ3n) is 2.88. The average Bonchev–Trinajstić information content (AvgIpc) is 2.38. The van der Waals surface area contributed by atoms with Crippen LogP contribution in [0.15, 0.2) is 18.2 Å². The minimum absolute atomic E-state index is 0.219. The summed E-state index contributed by atoms with van der Waals surface area (Å²) in [6.45, 7) is 0.703. The van der Waals surface area contributed by atoms with E-state index in [-0.39, 0.29) is 6.42 Å². The molecule has 0 aliphatic rings. The van der Waals surface area contributed by atoms with Gasteiger partial charge in [-0.15, -0.1) is 0 Å². The standard InChI is InChI=1S/C14H19ClN2O3/c15-10-6-7-12(11(9-10)14(16)20)17-8-4-2-1-3-5-13(18)19/h6-7,9,17H,1-5,8H2,(H2,16,20)(H,18,19).